The Morgan fingerprint density at radius 1 is 1.36 bits per heavy atom. The van der Waals surface area contributed by atoms with Crippen LogP contribution in [0.15, 0.2) is 0 Å². The Hall–Kier alpha value is 0.540. The largest absolute Gasteiger partial charge is 1.00 e. The third kappa shape index (κ3) is 10.6. The first-order chi connectivity index (χ1) is 6.04. The summed E-state index contributed by atoms with van der Waals surface area (Å²) >= 11 is 8.26. The molecule has 14 heavy (non-hydrogen) atoms. The zero-order chi connectivity index (χ0) is 10.3. The van der Waals surface area contributed by atoms with E-state index in [-0.39, 0.29) is 45.7 Å². The van der Waals surface area contributed by atoms with Gasteiger partial charge in [0, 0.05) is 5.92 Å². The first-order valence-electron chi connectivity index (χ1n) is 4.00. The van der Waals surface area contributed by atoms with E-state index in [1.807, 2.05) is 0 Å². The number of primary amides is 1. The number of carbonyl (C=O) groups is 1. The molecule has 5 N–H and O–H groups in total. The molecule has 7 heteroatoms. The van der Waals surface area contributed by atoms with Crippen molar-refractivity contribution in [3.05, 3.63) is 0 Å². The van der Waals surface area contributed by atoms with Crippen LogP contribution in [-0.4, -0.2) is 23.3 Å². The molecule has 0 aliphatic carbocycles. The molecule has 0 unspecified atom stereocenters. The predicted molar refractivity (Wildman–Crippen MR) is 58.9 cm³/mol. The predicted octanol–water partition coefficient (Wildman–Crippen LogP) is -3.75. The molecule has 1 saturated heterocycles. The second-order valence-electron chi connectivity index (χ2n) is 2.75. The Kier molecular flexibility index (Phi) is 12.2. The monoisotopic (exact) mass is 243 g/mol. The number of amides is 1. The molecule has 0 radical (unpaired) electrons. The van der Waals surface area contributed by atoms with Crippen LogP contribution in [0.3, 0.4) is 0 Å². The summed E-state index contributed by atoms with van der Waals surface area (Å²) in [5, 5.41) is 3.16. The first-order valence-corrected chi connectivity index (χ1v) is 4.82. The van der Waals surface area contributed by atoms with Crippen LogP contribution in [0.2, 0.25) is 0 Å². The number of nitrogens with one attached hydrogen (secondary N) is 1. The molecule has 1 heterocycles. The van der Waals surface area contributed by atoms with Gasteiger partial charge in [-0.25, -0.2) is 0 Å². The van der Waals surface area contributed by atoms with Crippen molar-refractivity contribution in [2.24, 2.45) is 17.4 Å². The van der Waals surface area contributed by atoms with E-state index in [1.165, 1.54) is 0 Å². The van der Waals surface area contributed by atoms with E-state index in [0.717, 1.165) is 25.9 Å². The number of hydrogen-bond acceptors (Lipinski definition) is 4. The van der Waals surface area contributed by atoms with Crippen LogP contribution in [0, 0.1) is 5.92 Å². The maximum absolute atomic E-state index is 10.5. The van der Waals surface area contributed by atoms with Gasteiger partial charge in [-0.1, -0.05) is 4.32 Å². The second kappa shape index (κ2) is 10.1. The van der Waals surface area contributed by atoms with E-state index >= 15 is 0 Å². The van der Waals surface area contributed by atoms with Gasteiger partial charge in [0.2, 0.25) is 5.91 Å². The fourth-order valence-electron chi connectivity index (χ4n) is 1.11. The van der Waals surface area contributed by atoms with Crippen molar-refractivity contribution >= 4 is 35.1 Å². The van der Waals surface area contributed by atoms with E-state index in [9.17, 15) is 4.79 Å². The summed E-state index contributed by atoms with van der Waals surface area (Å²) in [7, 11) is 0. The van der Waals surface area contributed by atoms with Gasteiger partial charge in [0.05, 0.1) is 0 Å². The molecule has 76 valence electrons. The van der Waals surface area contributed by atoms with Crippen molar-refractivity contribution in [1.29, 1.82) is 0 Å². The van der Waals surface area contributed by atoms with Crippen LogP contribution < -0.4 is 46.3 Å². The summed E-state index contributed by atoms with van der Waals surface area (Å²) in [5.41, 5.74) is 9.76. The maximum atomic E-state index is 10.5. The standard InChI is InChI=1S/C6H12N2O.CH3NS2.Na/c7-6(9)5-1-3-8-4-2-5;2-1(3)4;/h5,8H,1-4H2,(H2,7,9);(H3,2,3,4);/q;;+1/p-1. The van der Waals surface area contributed by atoms with Crippen molar-refractivity contribution in [1.82, 2.24) is 5.32 Å². The van der Waals surface area contributed by atoms with E-state index in [0.29, 0.717) is 0 Å². The van der Waals surface area contributed by atoms with Gasteiger partial charge >= 0.3 is 29.6 Å². The second-order valence-corrected chi connectivity index (χ2v) is 3.88. The van der Waals surface area contributed by atoms with E-state index in [4.69, 9.17) is 5.73 Å². The van der Waals surface area contributed by atoms with Crippen molar-refractivity contribution in [3.63, 3.8) is 0 Å². The SMILES string of the molecule is NC(=O)C1CCNCC1.NC(=S)[S-].[Na+]. The summed E-state index contributed by atoms with van der Waals surface area (Å²) in [4.78, 5) is 10.5. The number of thiocarbonyl (C=S) groups is 1. The van der Waals surface area contributed by atoms with Crippen LogP contribution in [0.1, 0.15) is 12.8 Å². The molecule has 0 bridgehead atoms. The van der Waals surface area contributed by atoms with Gasteiger partial charge in [0.1, 0.15) is 0 Å². The van der Waals surface area contributed by atoms with E-state index < -0.39 is 0 Å². The van der Waals surface area contributed by atoms with E-state index in [2.05, 4.69) is 35.9 Å². The summed E-state index contributed by atoms with van der Waals surface area (Å²) in [6.45, 7) is 1.88. The molecule has 1 fully saturated rings. The average Bonchev–Trinajstić information content (AvgIpc) is 2.05. The molecule has 0 saturated carbocycles. The topological polar surface area (TPSA) is 81.1 Å². The van der Waals surface area contributed by atoms with Crippen LogP contribution in [-0.2, 0) is 17.4 Å². The Morgan fingerprint density at radius 3 is 1.93 bits per heavy atom. The zero-order valence-electron chi connectivity index (χ0n) is 8.29. The Morgan fingerprint density at radius 2 is 1.71 bits per heavy atom. The van der Waals surface area contributed by atoms with Crippen LogP contribution >= 0.6 is 12.2 Å². The maximum Gasteiger partial charge on any atom is 1.00 e. The molecule has 0 atom stereocenters. The number of piperidine rings is 1. The molecule has 0 aromatic heterocycles. The molecule has 0 aromatic rings. The molecule has 1 rings (SSSR count). The number of rotatable bonds is 1. The van der Waals surface area contributed by atoms with Crippen molar-refractivity contribution < 1.29 is 34.4 Å². The Labute approximate surface area is 117 Å². The molecule has 1 aliphatic rings. The third-order valence-electron chi connectivity index (χ3n) is 1.74. The molecule has 0 aromatic carbocycles. The Bertz CT molecular complexity index is 182. The first kappa shape index (κ1) is 17.0. The third-order valence-corrected chi connectivity index (χ3v) is 1.74. The molecule has 1 aliphatic heterocycles. The fourth-order valence-corrected chi connectivity index (χ4v) is 1.11. The smallest absolute Gasteiger partial charge is 0.415 e. The average molecular weight is 243 g/mol. The van der Waals surface area contributed by atoms with Gasteiger partial charge in [-0.3, -0.25) is 4.79 Å². The molecule has 1 amide bonds. The summed E-state index contributed by atoms with van der Waals surface area (Å²) in [6.07, 6.45) is 1.82. The number of carbonyl (C=O) groups excluding carboxylic acids is 1. The van der Waals surface area contributed by atoms with Gasteiger partial charge in [-0.05, 0) is 25.9 Å². The van der Waals surface area contributed by atoms with Gasteiger partial charge in [0.15, 0.2) is 0 Å². The Balaban J connectivity index is 0. The van der Waals surface area contributed by atoms with Crippen molar-refractivity contribution in [2.75, 3.05) is 13.1 Å². The molecular weight excluding hydrogens is 229 g/mol. The van der Waals surface area contributed by atoms with Crippen LogP contribution in [0.4, 0.5) is 0 Å². The van der Waals surface area contributed by atoms with Crippen molar-refractivity contribution in [3.8, 4) is 0 Å². The van der Waals surface area contributed by atoms with Gasteiger partial charge in [-0.15, -0.1) is 0 Å². The summed E-state index contributed by atoms with van der Waals surface area (Å²) < 4.78 is 0.0833. The zero-order valence-corrected chi connectivity index (χ0v) is 11.9. The molecular formula is C7H14N3NaOS2. The summed E-state index contributed by atoms with van der Waals surface area (Å²) in [5.74, 6) is -0.0113. The normalized spacial score (nSPS) is 15.7. The fraction of sp³-hybridized carbons (Fsp3) is 0.714. The van der Waals surface area contributed by atoms with Crippen LogP contribution in [0.5, 0.6) is 0 Å². The van der Waals surface area contributed by atoms with Gasteiger partial charge in [-0.2, -0.15) is 0 Å². The summed E-state index contributed by atoms with van der Waals surface area (Å²) in [6, 6.07) is 0. The quantitative estimate of drug-likeness (QED) is 0.250. The minimum absolute atomic E-state index is 0. The van der Waals surface area contributed by atoms with E-state index in [1.54, 1.807) is 0 Å². The minimum atomic E-state index is -0.142. The molecule has 4 nitrogen and oxygen atoms in total. The van der Waals surface area contributed by atoms with Crippen LogP contribution in [0.25, 0.3) is 0 Å². The molecule has 0 spiro atoms. The van der Waals surface area contributed by atoms with Crippen molar-refractivity contribution in [2.45, 2.75) is 12.8 Å². The number of hydrogen-bond donors (Lipinski definition) is 3. The number of nitrogens with two attached hydrogens (primary N) is 2. The van der Waals surface area contributed by atoms with Gasteiger partial charge in [0.25, 0.3) is 0 Å². The minimum Gasteiger partial charge on any atom is -0.415 e. The van der Waals surface area contributed by atoms with Gasteiger partial charge < -0.3 is 41.6 Å².